The maximum Gasteiger partial charge on any atom is 0.222 e. The Kier molecular flexibility index (Phi) is 4.38. The van der Waals surface area contributed by atoms with E-state index in [1.807, 2.05) is 0 Å². The summed E-state index contributed by atoms with van der Waals surface area (Å²) in [7, 11) is 0. The molecular formula is C15H19F2NO2. The van der Waals surface area contributed by atoms with E-state index in [9.17, 15) is 18.7 Å². The van der Waals surface area contributed by atoms with E-state index in [-0.39, 0.29) is 18.7 Å². The average molecular weight is 283 g/mol. The number of piperidine rings is 1. The lowest BCUT2D eigenvalue weighted by atomic mass is 9.93. The lowest BCUT2D eigenvalue weighted by Gasteiger charge is -2.35. The Morgan fingerprint density at radius 3 is 2.60 bits per heavy atom. The monoisotopic (exact) mass is 283 g/mol. The van der Waals surface area contributed by atoms with Gasteiger partial charge in [-0.3, -0.25) is 4.79 Å². The van der Waals surface area contributed by atoms with E-state index in [1.54, 1.807) is 11.8 Å². The van der Waals surface area contributed by atoms with Gasteiger partial charge >= 0.3 is 0 Å². The molecule has 1 amide bonds. The van der Waals surface area contributed by atoms with Gasteiger partial charge in [-0.1, -0.05) is 6.07 Å². The van der Waals surface area contributed by atoms with Gasteiger partial charge in [-0.25, -0.2) is 8.78 Å². The fourth-order valence-corrected chi connectivity index (χ4v) is 2.36. The lowest BCUT2D eigenvalue weighted by Crippen LogP contribution is -2.45. The van der Waals surface area contributed by atoms with E-state index in [0.29, 0.717) is 31.5 Å². The number of amides is 1. The molecule has 3 nitrogen and oxygen atoms in total. The van der Waals surface area contributed by atoms with Gasteiger partial charge in [0.05, 0.1) is 5.60 Å². The Labute approximate surface area is 117 Å². The number of hydrogen-bond donors (Lipinski definition) is 1. The van der Waals surface area contributed by atoms with Gasteiger partial charge in [-0.15, -0.1) is 0 Å². The first kappa shape index (κ1) is 14.9. The highest BCUT2D eigenvalue weighted by atomic mass is 19.1. The van der Waals surface area contributed by atoms with E-state index >= 15 is 0 Å². The summed E-state index contributed by atoms with van der Waals surface area (Å²) in [6, 6.07) is 3.40. The molecule has 1 aromatic rings. The van der Waals surface area contributed by atoms with Gasteiger partial charge in [0, 0.05) is 25.6 Å². The fourth-order valence-electron chi connectivity index (χ4n) is 2.36. The van der Waals surface area contributed by atoms with Crippen LogP contribution in [0.3, 0.4) is 0 Å². The van der Waals surface area contributed by atoms with Crippen molar-refractivity contribution in [3.05, 3.63) is 35.4 Å². The third-order valence-electron chi connectivity index (χ3n) is 3.82. The number of hydrogen-bond acceptors (Lipinski definition) is 2. The second-order valence-corrected chi connectivity index (χ2v) is 5.61. The molecule has 0 spiro atoms. The summed E-state index contributed by atoms with van der Waals surface area (Å²) in [5.41, 5.74) is -0.344. The fraction of sp³-hybridized carbons (Fsp3) is 0.533. The van der Waals surface area contributed by atoms with E-state index in [2.05, 4.69) is 0 Å². The van der Waals surface area contributed by atoms with Gasteiger partial charge in [0.15, 0.2) is 0 Å². The summed E-state index contributed by atoms with van der Waals surface area (Å²) in [6.07, 6.45) is 1.58. The summed E-state index contributed by atoms with van der Waals surface area (Å²) in [5.74, 6) is -1.28. The van der Waals surface area contributed by atoms with Crippen LogP contribution in [0.1, 0.15) is 31.7 Å². The Balaban J connectivity index is 1.86. The van der Waals surface area contributed by atoms with Crippen LogP contribution in [0.5, 0.6) is 0 Å². The van der Waals surface area contributed by atoms with Crippen molar-refractivity contribution in [3.8, 4) is 0 Å². The van der Waals surface area contributed by atoms with Crippen molar-refractivity contribution < 1.29 is 18.7 Å². The van der Waals surface area contributed by atoms with Crippen molar-refractivity contribution in [1.82, 2.24) is 4.90 Å². The van der Waals surface area contributed by atoms with Crippen LogP contribution in [0.4, 0.5) is 8.78 Å². The molecule has 0 aromatic heterocycles. The maximum absolute atomic E-state index is 13.4. The number of nitrogens with zero attached hydrogens (tertiary/aromatic N) is 1. The summed E-state index contributed by atoms with van der Waals surface area (Å²) in [6.45, 7) is 2.82. The summed E-state index contributed by atoms with van der Waals surface area (Å²) in [5, 5.41) is 9.82. The minimum absolute atomic E-state index is 0.0516. The van der Waals surface area contributed by atoms with Crippen LogP contribution < -0.4 is 0 Å². The van der Waals surface area contributed by atoms with Crippen LogP contribution in [0.15, 0.2) is 18.2 Å². The normalized spacial score (nSPS) is 18.1. The number of aryl methyl sites for hydroxylation is 1. The van der Waals surface area contributed by atoms with Crippen molar-refractivity contribution in [1.29, 1.82) is 0 Å². The molecule has 20 heavy (non-hydrogen) atoms. The minimum atomic E-state index is -0.695. The summed E-state index contributed by atoms with van der Waals surface area (Å²) >= 11 is 0. The van der Waals surface area contributed by atoms with E-state index in [0.717, 1.165) is 6.07 Å². The van der Waals surface area contributed by atoms with Crippen LogP contribution in [0.2, 0.25) is 0 Å². The molecule has 1 aromatic carbocycles. The molecule has 0 unspecified atom stereocenters. The van der Waals surface area contributed by atoms with Crippen LogP contribution in [0.25, 0.3) is 0 Å². The number of carbonyl (C=O) groups excluding carboxylic acids is 1. The van der Waals surface area contributed by atoms with Crippen molar-refractivity contribution in [3.63, 3.8) is 0 Å². The maximum atomic E-state index is 13.4. The van der Waals surface area contributed by atoms with Crippen molar-refractivity contribution in [2.45, 2.75) is 38.2 Å². The van der Waals surface area contributed by atoms with Gasteiger partial charge in [0.1, 0.15) is 11.6 Å². The number of rotatable bonds is 3. The molecule has 1 heterocycles. The molecule has 1 aliphatic rings. The zero-order valence-corrected chi connectivity index (χ0v) is 11.5. The first-order valence-corrected chi connectivity index (χ1v) is 6.81. The van der Waals surface area contributed by atoms with Crippen molar-refractivity contribution in [2.75, 3.05) is 13.1 Å². The van der Waals surface area contributed by atoms with Crippen LogP contribution in [-0.4, -0.2) is 34.6 Å². The second kappa shape index (κ2) is 5.87. The molecule has 2 rings (SSSR count). The minimum Gasteiger partial charge on any atom is -0.390 e. The molecule has 0 saturated carbocycles. The van der Waals surface area contributed by atoms with Gasteiger partial charge in [0.25, 0.3) is 0 Å². The van der Waals surface area contributed by atoms with Crippen LogP contribution in [0, 0.1) is 11.6 Å². The molecule has 0 radical (unpaired) electrons. The lowest BCUT2D eigenvalue weighted by molar-refractivity contribution is -0.134. The number of carbonyl (C=O) groups is 1. The first-order chi connectivity index (χ1) is 9.37. The van der Waals surface area contributed by atoms with E-state index in [4.69, 9.17) is 0 Å². The van der Waals surface area contributed by atoms with Gasteiger partial charge in [-0.2, -0.15) is 0 Å². The van der Waals surface area contributed by atoms with Gasteiger partial charge in [0.2, 0.25) is 5.91 Å². The molecule has 5 heteroatoms. The van der Waals surface area contributed by atoms with Crippen molar-refractivity contribution in [2.24, 2.45) is 0 Å². The summed E-state index contributed by atoms with van der Waals surface area (Å²) < 4.78 is 26.2. The number of aliphatic hydroxyl groups is 1. The largest absolute Gasteiger partial charge is 0.390 e. The molecule has 0 aliphatic carbocycles. The molecule has 1 saturated heterocycles. The smallest absolute Gasteiger partial charge is 0.222 e. The van der Waals surface area contributed by atoms with Crippen molar-refractivity contribution >= 4 is 5.91 Å². The van der Waals surface area contributed by atoms with Crippen LogP contribution >= 0.6 is 0 Å². The highest BCUT2D eigenvalue weighted by Crippen LogP contribution is 2.22. The van der Waals surface area contributed by atoms with Gasteiger partial charge in [-0.05, 0) is 37.8 Å². The molecule has 1 fully saturated rings. The average Bonchev–Trinajstić information content (AvgIpc) is 2.37. The van der Waals surface area contributed by atoms with Gasteiger partial charge < -0.3 is 10.0 Å². The predicted octanol–water partition coefficient (Wildman–Crippen LogP) is 2.27. The zero-order valence-electron chi connectivity index (χ0n) is 11.5. The number of likely N-dealkylation sites (tertiary alicyclic amines) is 1. The molecule has 110 valence electrons. The van der Waals surface area contributed by atoms with Crippen LogP contribution in [-0.2, 0) is 11.2 Å². The Morgan fingerprint density at radius 2 is 2.00 bits per heavy atom. The third-order valence-corrected chi connectivity index (χ3v) is 3.82. The predicted molar refractivity (Wildman–Crippen MR) is 71.1 cm³/mol. The zero-order chi connectivity index (χ0) is 14.8. The SMILES string of the molecule is CC1(O)CCN(C(=O)CCc2ccc(F)cc2F)CC1. The Bertz CT molecular complexity index is 493. The molecular weight excluding hydrogens is 264 g/mol. The quantitative estimate of drug-likeness (QED) is 0.924. The molecule has 1 aliphatic heterocycles. The number of benzene rings is 1. The molecule has 0 atom stereocenters. The summed E-state index contributed by atoms with van der Waals surface area (Å²) in [4.78, 5) is 13.7. The molecule has 0 bridgehead atoms. The van der Waals surface area contributed by atoms with E-state index < -0.39 is 17.2 Å². The standard InChI is InChI=1S/C15H19F2NO2/c1-15(20)6-8-18(9-7-15)14(19)5-3-11-2-4-12(16)10-13(11)17/h2,4,10,20H,3,5-9H2,1H3. The Hall–Kier alpha value is -1.49. The highest BCUT2D eigenvalue weighted by molar-refractivity contribution is 5.76. The topological polar surface area (TPSA) is 40.5 Å². The number of halogens is 2. The van der Waals surface area contributed by atoms with E-state index in [1.165, 1.54) is 12.1 Å². The third kappa shape index (κ3) is 3.76. The first-order valence-electron chi connectivity index (χ1n) is 6.81. The molecule has 1 N–H and O–H groups in total. The second-order valence-electron chi connectivity index (χ2n) is 5.61. The Morgan fingerprint density at radius 1 is 1.35 bits per heavy atom. The highest BCUT2D eigenvalue weighted by Gasteiger charge is 2.29.